The molecule has 122 valence electrons. The third kappa shape index (κ3) is 3.56. The molecule has 0 aromatic carbocycles. The van der Waals surface area contributed by atoms with E-state index in [4.69, 9.17) is 0 Å². The minimum Gasteiger partial charge on any atom is -0.331 e. The minimum absolute atomic E-state index is 0.00589. The van der Waals surface area contributed by atoms with E-state index in [1.165, 1.54) is 17.4 Å². The molecule has 1 amide bonds. The van der Waals surface area contributed by atoms with E-state index in [0.717, 1.165) is 12.0 Å². The number of pyridine rings is 1. The van der Waals surface area contributed by atoms with Gasteiger partial charge in [-0.25, -0.2) is 0 Å². The first kappa shape index (κ1) is 17.1. The van der Waals surface area contributed by atoms with Crippen molar-refractivity contribution in [2.75, 3.05) is 6.54 Å². The lowest BCUT2D eigenvalue weighted by molar-refractivity contribution is -0.385. The maximum atomic E-state index is 12.8. The number of aromatic nitrogens is 1. The average Bonchev–Trinajstić information content (AvgIpc) is 2.95. The van der Waals surface area contributed by atoms with E-state index in [9.17, 15) is 14.9 Å². The van der Waals surface area contributed by atoms with Crippen molar-refractivity contribution >= 4 is 22.9 Å². The van der Waals surface area contributed by atoms with E-state index in [-0.39, 0.29) is 17.6 Å². The average molecular weight is 333 g/mol. The smallest absolute Gasteiger partial charge is 0.283 e. The van der Waals surface area contributed by atoms with Gasteiger partial charge >= 0.3 is 0 Å². The first-order valence-corrected chi connectivity index (χ1v) is 8.26. The molecule has 0 N–H and O–H groups in total. The number of nitrogens with zero attached hydrogens (tertiary/aromatic N) is 3. The van der Waals surface area contributed by atoms with Gasteiger partial charge in [0.25, 0.3) is 11.6 Å². The molecular formula is C16H19N3O3S. The zero-order valence-corrected chi connectivity index (χ0v) is 14.2. The Kier molecular flexibility index (Phi) is 5.44. The number of carbonyl (C=O) groups excluding carboxylic acids is 1. The van der Waals surface area contributed by atoms with E-state index in [1.807, 2.05) is 26.0 Å². The summed E-state index contributed by atoms with van der Waals surface area (Å²) < 4.78 is 0. The van der Waals surface area contributed by atoms with Gasteiger partial charge in [-0.05, 0) is 38.0 Å². The van der Waals surface area contributed by atoms with Crippen molar-refractivity contribution < 1.29 is 9.72 Å². The van der Waals surface area contributed by atoms with Crippen LogP contribution in [0.1, 0.15) is 46.4 Å². The molecule has 0 saturated carbocycles. The molecule has 1 unspecified atom stereocenters. The lowest BCUT2D eigenvalue weighted by Gasteiger charge is -2.30. The van der Waals surface area contributed by atoms with Gasteiger partial charge in [-0.2, -0.15) is 0 Å². The second-order valence-electron chi connectivity index (χ2n) is 5.10. The summed E-state index contributed by atoms with van der Waals surface area (Å²) in [5.41, 5.74) is 1.02. The Bertz CT molecular complexity index is 700. The number of hydrogen-bond acceptors (Lipinski definition) is 5. The third-order valence-electron chi connectivity index (χ3n) is 3.75. The molecule has 0 fully saturated rings. The number of thiophene rings is 1. The number of nitro groups is 1. The molecule has 0 saturated heterocycles. The molecule has 2 rings (SSSR count). The first-order chi connectivity index (χ1) is 11.0. The predicted molar refractivity (Wildman–Crippen MR) is 89.7 cm³/mol. The standard InChI is InChI=1S/C16H19N3O3S/c1-4-13(12-6-8-17-9-7-12)18(5-2)16(20)15-10-14(19(21)22)11(3)23-15/h6-10,13H,4-5H2,1-3H3. The van der Waals surface area contributed by atoms with Crippen LogP contribution in [0.3, 0.4) is 0 Å². The number of amides is 1. The highest BCUT2D eigenvalue weighted by Gasteiger charge is 2.27. The summed E-state index contributed by atoms with van der Waals surface area (Å²) in [6.45, 7) is 6.13. The molecule has 0 spiro atoms. The van der Waals surface area contributed by atoms with Crippen molar-refractivity contribution in [3.8, 4) is 0 Å². The van der Waals surface area contributed by atoms with Gasteiger partial charge in [-0.15, -0.1) is 11.3 Å². The van der Waals surface area contributed by atoms with E-state index in [1.54, 1.807) is 24.2 Å². The fraction of sp³-hybridized carbons (Fsp3) is 0.375. The summed E-state index contributed by atoms with van der Waals surface area (Å²) >= 11 is 1.17. The van der Waals surface area contributed by atoms with Crippen molar-refractivity contribution in [1.82, 2.24) is 9.88 Å². The van der Waals surface area contributed by atoms with Gasteiger partial charge in [-0.1, -0.05) is 6.92 Å². The highest BCUT2D eigenvalue weighted by atomic mass is 32.1. The monoisotopic (exact) mass is 333 g/mol. The van der Waals surface area contributed by atoms with Crippen LogP contribution in [0.5, 0.6) is 0 Å². The Labute approximate surface area is 138 Å². The summed E-state index contributed by atoms with van der Waals surface area (Å²) in [6, 6.07) is 5.10. The van der Waals surface area contributed by atoms with Crippen LogP contribution >= 0.6 is 11.3 Å². The Morgan fingerprint density at radius 3 is 2.52 bits per heavy atom. The number of aryl methyl sites for hydroxylation is 1. The van der Waals surface area contributed by atoms with Crippen molar-refractivity contribution in [1.29, 1.82) is 0 Å². The predicted octanol–water partition coefficient (Wildman–Crippen LogP) is 3.97. The van der Waals surface area contributed by atoms with Crippen LogP contribution in [0.4, 0.5) is 5.69 Å². The second kappa shape index (κ2) is 7.32. The van der Waals surface area contributed by atoms with E-state index >= 15 is 0 Å². The highest BCUT2D eigenvalue weighted by Crippen LogP contribution is 2.32. The molecule has 0 aliphatic carbocycles. The minimum atomic E-state index is -0.445. The lowest BCUT2D eigenvalue weighted by Crippen LogP contribution is -2.34. The molecule has 0 bridgehead atoms. The fourth-order valence-corrected chi connectivity index (χ4v) is 3.57. The number of hydrogen-bond donors (Lipinski definition) is 0. The first-order valence-electron chi connectivity index (χ1n) is 7.45. The molecule has 23 heavy (non-hydrogen) atoms. The summed E-state index contributed by atoms with van der Waals surface area (Å²) in [5.74, 6) is -0.169. The molecule has 2 aromatic rings. The van der Waals surface area contributed by atoms with Crippen LogP contribution < -0.4 is 0 Å². The van der Waals surface area contributed by atoms with Gasteiger partial charge in [0, 0.05) is 25.0 Å². The molecule has 1 atom stereocenters. The maximum absolute atomic E-state index is 12.8. The zero-order valence-electron chi connectivity index (χ0n) is 13.4. The second-order valence-corrected chi connectivity index (χ2v) is 6.36. The summed E-state index contributed by atoms with van der Waals surface area (Å²) in [4.78, 5) is 30.1. The lowest BCUT2D eigenvalue weighted by atomic mass is 10.0. The summed E-state index contributed by atoms with van der Waals surface area (Å²) in [7, 11) is 0. The fourth-order valence-electron chi connectivity index (χ4n) is 2.63. The van der Waals surface area contributed by atoms with Gasteiger partial charge in [-0.3, -0.25) is 19.9 Å². The number of rotatable bonds is 6. The van der Waals surface area contributed by atoms with Gasteiger partial charge in [0.15, 0.2) is 0 Å². The van der Waals surface area contributed by atoms with Gasteiger partial charge in [0.1, 0.15) is 0 Å². The van der Waals surface area contributed by atoms with E-state index < -0.39 is 4.92 Å². The molecule has 2 aromatic heterocycles. The Morgan fingerprint density at radius 1 is 1.39 bits per heavy atom. The summed E-state index contributed by atoms with van der Waals surface area (Å²) in [6.07, 6.45) is 4.17. The highest BCUT2D eigenvalue weighted by molar-refractivity contribution is 7.14. The summed E-state index contributed by atoms with van der Waals surface area (Å²) in [5, 5.41) is 11.0. The number of carbonyl (C=O) groups is 1. The van der Waals surface area contributed by atoms with Crippen molar-refractivity contribution in [2.24, 2.45) is 0 Å². The van der Waals surface area contributed by atoms with Crippen LogP contribution in [0, 0.1) is 17.0 Å². The Balaban J connectivity index is 2.34. The van der Waals surface area contributed by atoms with Crippen LogP contribution in [-0.4, -0.2) is 27.3 Å². The van der Waals surface area contributed by atoms with Gasteiger partial charge < -0.3 is 4.90 Å². The molecule has 7 heteroatoms. The topological polar surface area (TPSA) is 76.3 Å². The quantitative estimate of drug-likeness (QED) is 0.592. The van der Waals surface area contributed by atoms with Crippen molar-refractivity contribution in [3.63, 3.8) is 0 Å². The van der Waals surface area contributed by atoms with Gasteiger partial charge in [0.2, 0.25) is 0 Å². The molecular weight excluding hydrogens is 314 g/mol. The van der Waals surface area contributed by atoms with Gasteiger partial charge in [0.05, 0.1) is 20.7 Å². The maximum Gasteiger partial charge on any atom is 0.283 e. The van der Waals surface area contributed by atoms with Crippen LogP contribution in [0.15, 0.2) is 30.6 Å². The van der Waals surface area contributed by atoms with E-state index in [2.05, 4.69) is 4.98 Å². The zero-order chi connectivity index (χ0) is 17.0. The van der Waals surface area contributed by atoms with Crippen molar-refractivity contribution in [2.45, 2.75) is 33.2 Å². The largest absolute Gasteiger partial charge is 0.331 e. The van der Waals surface area contributed by atoms with Crippen LogP contribution in [0.25, 0.3) is 0 Å². The Hall–Kier alpha value is -2.28. The molecule has 0 aliphatic rings. The Morgan fingerprint density at radius 2 is 2.04 bits per heavy atom. The molecule has 6 nitrogen and oxygen atoms in total. The van der Waals surface area contributed by atoms with Crippen LogP contribution in [0.2, 0.25) is 0 Å². The molecule has 0 radical (unpaired) electrons. The molecule has 2 heterocycles. The molecule has 0 aliphatic heterocycles. The normalized spacial score (nSPS) is 12.0. The third-order valence-corrected chi connectivity index (χ3v) is 4.78. The van der Waals surface area contributed by atoms with Crippen molar-refractivity contribution in [3.05, 3.63) is 56.0 Å². The van der Waals surface area contributed by atoms with E-state index in [0.29, 0.717) is 16.3 Å². The SMILES string of the molecule is CCC(c1ccncc1)N(CC)C(=O)c1cc([N+](=O)[O-])c(C)s1. The van der Waals surface area contributed by atoms with Crippen LogP contribution in [-0.2, 0) is 0 Å².